The van der Waals surface area contributed by atoms with E-state index in [1.807, 2.05) is 0 Å². The number of amides is 2. The number of halogens is 4. The van der Waals surface area contributed by atoms with Crippen molar-refractivity contribution in [1.29, 1.82) is 0 Å². The van der Waals surface area contributed by atoms with Gasteiger partial charge in [-0.25, -0.2) is 0 Å². The highest BCUT2D eigenvalue weighted by atomic mass is 35.5. The molecule has 0 radical (unpaired) electrons. The minimum atomic E-state index is -0.320. The molecule has 0 heterocycles. The zero-order chi connectivity index (χ0) is 19.3. The molecule has 26 heavy (non-hydrogen) atoms. The zero-order valence-corrected chi connectivity index (χ0v) is 16.7. The normalized spacial score (nSPS) is 10.7. The van der Waals surface area contributed by atoms with Gasteiger partial charge in [-0.1, -0.05) is 52.5 Å². The molecular formula is C17H15Cl4N3O2. The molecule has 138 valence electrons. The molecule has 0 spiro atoms. The van der Waals surface area contributed by atoms with Gasteiger partial charge in [0.1, 0.15) is 0 Å². The molecular weight excluding hydrogens is 420 g/mol. The van der Waals surface area contributed by atoms with Crippen LogP contribution >= 0.6 is 46.4 Å². The van der Waals surface area contributed by atoms with Crippen LogP contribution in [0.3, 0.4) is 0 Å². The Morgan fingerprint density at radius 3 is 2.19 bits per heavy atom. The van der Waals surface area contributed by atoms with E-state index < -0.39 is 0 Å². The monoisotopic (exact) mass is 433 g/mol. The van der Waals surface area contributed by atoms with Gasteiger partial charge >= 0.3 is 0 Å². The van der Waals surface area contributed by atoms with Gasteiger partial charge in [-0.15, -0.1) is 0 Å². The Balaban J connectivity index is 1.86. The largest absolute Gasteiger partial charge is 0.325 e. The Hall–Kier alpha value is -1.50. The SMILES string of the molecule is CN(CC(=O)Nc1ccc(Cl)c(Cl)c1)CC(=O)Nc1cccc(Cl)c1Cl. The molecule has 0 atom stereocenters. The topological polar surface area (TPSA) is 61.4 Å². The third-order valence-electron chi connectivity index (χ3n) is 3.26. The first-order chi connectivity index (χ1) is 12.3. The van der Waals surface area contributed by atoms with Gasteiger partial charge in [-0.3, -0.25) is 14.5 Å². The van der Waals surface area contributed by atoms with Gasteiger partial charge < -0.3 is 10.6 Å². The van der Waals surface area contributed by atoms with E-state index in [1.54, 1.807) is 48.3 Å². The van der Waals surface area contributed by atoms with Crippen LogP contribution in [0.25, 0.3) is 0 Å². The molecule has 0 fully saturated rings. The second-order valence-electron chi connectivity index (χ2n) is 5.50. The van der Waals surface area contributed by atoms with Crippen LogP contribution in [0.4, 0.5) is 11.4 Å². The van der Waals surface area contributed by atoms with Crippen molar-refractivity contribution in [2.75, 3.05) is 30.8 Å². The minimum Gasteiger partial charge on any atom is -0.325 e. The fraction of sp³-hybridized carbons (Fsp3) is 0.176. The average Bonchev–Trinajstić information content (AvgIpc) is 2.55. The number of anilines is 2. The molecule has 0 unspecified atom stereocenters. The molecule has 2 N–H and O–H groups in total. The maximum atomic E-state index is 12.1. The van der Waals surface area contributed by atoms with E-state index in [1.165, 1.54) is 0 Å². The molecule has 0 saturated heterocycles. The third kappa shape index (κ3) is 6.04. The number of benzene rings is 2. The van der Waals surface area contributed by atoms with Crippen LogP contribution in [0.2, 0.25) is 20.1 Å². The maximum absolute atomic E-state index is 12.1. The molecule has 0 aliphatic heterocycles. The summed E-state index contributed by atoms with van der Waals surface area (Å²) in [5.41, 5.74) is 0.936. The lowest BCUT2D eigenvalue weighted by Crippen LogP contribution is -2.36. The van der Waals surface area contributed by atoms with Crippen molar-refractivity contribution in [1.82, 2.24) is 4.90 Å². The fourth-order valence-electron chi connectivity index (χ4n) is 2.11. The molecule has 0 aromatic heterocycles. The van der Waals surface area contributed by atoms with Crippen molar-refractivity contribution in [2.45, 2.75) is 0 Å². The summed E-state index contributed by atoms with van der Waals surface area (Å²) in [6.07, 6.45) is 0. The molecule has 2 amide bonds. The summed E-state index contributed by atoms with van der Waals surface area (Å²) in [7, 11) is 1.65. The van der Waals surface area contributed by atoms with Crippen molar-refractivity contribution >= 4 is 69.6 Å². The second-order valence-corrected chi connectivity index (χ2v) is 7.10. The van der Waals surface area contributed by atoms with E-state index in [-0.39, 0.29) is 29.9 Å². The van der Waals surface area contributed by atoms with Crippen LogP contribution in [-0.4, -0.2) is 36.9 Å². The molecule has 2 aromatic carbocycles. The lowest BCUT2D eigenvalue weighted by molar-refractivity contribution is -0.119. The Bertz CT molecular complexity index is 830. The van der Waals surface area contributed by atoms with Crippen molar-refractivity contribution in [2.24, 2.45) is 0 Å². The van der Waals surface area contributed by atoms with Gasteiger partial charge in [-0.05, 0) is 37.4 Å². The third-order valence-corrected chi connectivity index (χ3v) is 4.81. The lowest BCUT2D eigenvalue weighted by Gasteiger charge is -2.16. The Kier molecular flexibility index (Phi) is 7.55. The van der Waals surface area contributed by atoms with Crippen LogP contribution in [-0.2, 0) is 9.59 Å². The molecule has 0 aliphatic carbocycles. The highest BCUT2D eigenvalue weighted by molar-refractivity contribution is 6.44. The smallest absolute Gasteiger partial charge is 0.238 e. The first-order valence-corrected chi connectivity index (χ1v) is 8.94. The summed E-state index contributed by atoms with van der Waals surface area (Å²) in [4.78, 5) is 25.7. The Morgan fingerprint density at radius 2 is 1.54 bits per heavy atom. The number of rotatable bonds is 6. The van der Waals surface area contributed by atoms with E-state index >= 15 is 0 Å². The van der Waals surface area contributed by atoms with Crippen molar-refractivity contribution in [3.05, 3.63) is 56.5 Å². The summed E-state index contributed by atoms with van der Waals surface area (Å²) in [6.45, 7) is 0.00851. The van der Waals surface area contributed by atoms with E-state index in [9.17, 15) is 9.59 Å². The highest BCUT2D eigenvalue weighted by Gasteiger charge is 2.13. The molecule has 5 nitrogen and oxygen atoms in total. The Morgan fingerprint density at radius 1 is 0.885 bits per heavy atom. The molecule has 2 rings (SSSR count). The first-order valence-electron chi connectivity index (χ1n) is 7.43. The quantitative estimate of drug-likeness (QED) is 0.685. The van der Waals surface area contributed by atoms with Crippen LogP contribution < -0.4 is 10.6 Å². The molecule has 2 aromatic rings. The second kappa shape index (κ2) is 9.44. The number of hydrogen-bond donors (Lipinski definition) is 2. The number of nitrogens with zero attached hydrogens (tertiary/aromatic N) is 1. The van der Waals surface area contributed by atoms with Gasteiger partial charge in [0.05, 0.1) is 38.9 Å². The van der Waals surface area contributed by atoms with Crippen LogP contribution in [0.5, 0.6) is 0 Å². The number of likely N-dealkylation sites (N-methyl/N-ethyl adjacent to an activating group) is 1. The van der Waals surface area contributed by atoms with E-state index in [0.29, 0.717) is 26.4 Å². The molecule has 0 bridgehead atoms. The fourth-order valence-corrected chi connectivity index (χ4v) is 2.76. The van der Waals surface area contributed by atoms with Gasteiger partial charge in [0.15, 0.2) is 0 Å². The van der Waals surface area contributed by atoms with Gasteiger partial charge in [-0.2, -0.15) is 0 Å². The Labute approximate surface area is 171 Å². The van der Waals surface area contributed by atoms with Crippen molar-refractivity contribution in [3.63, 3.8) is 0 Å². The zero-order valence-electron chi connectivity index (χ0n) is 13.7. The summed E-state index contributed by atoms with van der Waals surface area (Å²) < 4.78 is 0. The maximum Gasteiger partial charge on any atom is 0.238 e. The molecule has 0 aliphatic rings. The van der Waals surface area contributed by atoms with Crippen LogP contribution in [0.1, 0.15) is 0 Å². The summed E-state index contributed by atoms with van der Waals surface area (Å²) in [6, 6.07) is 9.72. The summed E-state index contributed by atoms with van der Waals surface area (Å²) >= 11 is 23.7. The van der Waals surface area contributed by atoms with Crippen molar-refractivity contribution in [3.8, 4) is 0 Å². The van der Waals surface area contributed by atoms with Gasteiger partial charge in [0.2, 0.25) is 11.8 Å². The van der Waals surface area contributed by atoms with Crippen LogP contribution in [0.15, 0.2) is 36.4 Å². The predicted molar refractivity (Wildman–Crippen MR) is 108 cm³/mol. The van der Waals surface area contributed by atoms with Crippen LogP contribution in [0, 0.1) is 0 Å². The van der Waals surface area contributed by atoms with Crippen molar-refractivity contribution < 1.29 is 9.59 Å². The van der Waals surface area contributed by atoms with Gasteiger partial charge in [0.25, 0.3) is 0 Å². The lowest BCUT2D eigenvalue weighted by atomic mass is 10.3. The standard InChI is InChI=1S/C17H15Cl4N3O2/c1-24(8-15(25)22-10-5-6-11(18)13(20)7-10)9-16(26)23-14-4-2-3-12(19)17(14)21/h2-7H,8-9H2,1H3,(H,22,25)(H,23,26). The predicted octanol–water partition coefficient (Wildman–Crippen LogP) is 4.81. The number of nitrogens with one attached hydrogen (secondary N) is 2. The van der Waals surface area contributed by atoms with Gasteiger partial charge in [0, 0.05) is 5.69 Å². The van der Waals surface area contributed by atoms with E-state index in [2.05, 4.69) is 10.6 Å². The minimum absolute atomic E-state index is 0.00235. The number of carbonyl (C=O) groups excluding carboxylic acids is 2. The van der Waals surface area contributed by atoms with E-state index in [0.717, 1.165) is 0 Å². The molecule has 9 heteroatoms. The molecule has 0 saturated carbocycles. The average molecular weight is 435 g/mol. The first kappa shape index (κ1) is 20.8. The highest BCUT2D eigenvalue weighted by Crippen LogP contribution is 2.29. The van der Waals surface area contributed by atoms with E-state index in [4.69, 9.17) is 46.4 Å². The number of hydrogen-bond acceptors (Lipinski definition) is 3. The summed E-state index contributed by atoms with van der Waals surface area (Å²) in [5, 5.41) is 6.70. The summed E-state index contributed by atoms with van der Waals surface area (Å²) in [5.74, 6) is -0.613. The number of carbonyl (C=O) groups is 2.